The largest absolute Gasteiger partial charge is 0.464 e. The van der Waals surface area contributed by atoms with Crippen molar-refractivity contribution in [2.75, 3.05) is 6.61 Å². The van der Waals surface area contributed by atoms with Gasteiger partial charge < -0.3 is 10.5 Å². The summed E-state index contributed by atoms with van der Waals surface area (Å²) in [4.78, 5) is 10.6. The number of ether oxygens (including phenoxy) is 1. The lowest BCUT2D eigenvalue weighted by Gasteiger charge is -2.16. The maximum atomic E-state index is 10.6. The molecule has 3 nitrogen and oxygen atoms in total. The van der Waals surface area contributed by atoms with Gasteiger partial charge in [0.15, 0.2) is 0 Å². The number of esters is 1. The highest BCUT2D eigenvalue weighted by Gasteiger charge is 2.40. The van der Waals surface area contributed by atoms with Crippen LogP contribution >= 0.6 is 12.4 Å². The molecule has 0 aromatic heterocycles. The number of cyclic esters (lactones) is 1. The normalized spacial score (nSPS) is 29.1. The van der Waals surface area contributed by atoms with Crippen LogP contribution in [0.5, 0.6) is 0 Å². The van der Waals surface area contributed by atoms with E-state index in [0.717, 1.165) is 0 Å². The molecular formula is C6H12ClNO2. The Kier molecular flexibility index (Phi) is 2.68. The average Bonchev–Trinajstić information content (AvgIpc) is 1.97. The summed E-state index contributed by atoms with van der Waals surface area (Å²) < 4.78 is 4.72. The smallest absolute Gasteiger partial charge is 0.323 e. The lowest BCUT2D eigenvalue weighted by atomic mass is 9.88. The number of carbonyl (C=O) groups is 1. The summed E-state index contributed by atoms with van der Waals surface area (Å²) >= 11 is 0. The van der Waals surface area contributed by atoms with Crippen molar-refractivity contribution in [3.05, 3.63) is 0 Å². The molecule has 2 N–H and O–H groups in total. The molecule has 0 amide bonds. The van der Waals surface area contributed by atoms with E-state index in [-0.39, 0.29) is 23.8 Å². The van der Waals surface area contributed by atoms with Crippen LogP contribution in [0.2, 0.25) is 0 Å². The predicted octanol–water partition coefficient (Wildman–Crippen LogP) is 0.319. The van der Waals surface area contributed by atoms with Gasteiger partial charge in [0.2, 0.25) is 0 Å². The maximum absolute atomic E-state index is 10.6. The first-order valence-electron chi connectivity index (χ1n) is 2.96. The standard InChI is InChI=1S/C6H11NO2.ClH/c1-6(2)3-9-5(8)4(6)7;/h4H,3,7H2,1-2H3;1H. The van der Waals surface area contributed by atoms with Crippen molar-refractivity contribution in [3.63, 3.8) is 0 Å². The van der Waals surface area contributed by atoms with Gasteiger partial charge in [0.1, 0.15) is 6.04 Å². The Hall–Kier alpha value is -0.280. The van der Waals surface area contributed by atoms with Gasteiger partial charge in [0.25, 0.3) is 0 Å². The van der Waals surface area contributed by atoms with E-state index in [4.69, 9.17) is 10.5 Å². The van der Waals surface area contributed by atoms with Crippen molar-refractivity contribution < 1.29 is 9.53 Å². The summed E-state index contributed by atoms with van der Waals surface area (Å²) in [5.41, 5.74) is 5.31. The third-order valence-electron chi connectivity index (χ3n) is 1.68. The Bertz CT molecular complexity index is 147. The van der Waals surface area contributed by atoms with Gasteiger partial charge in [0, 0.05) is 5.41 Å². The zero-order valence-corrected chi connectivity index (χ0v) is 6.90. The van der Waals surface area contributed by atoms with Gasteiger partial charge in [-0.2, -0.15) is 0 Å². The highest BCUT2D eigenvalue weighted by molar-refractivity contribution is 5.85. The van der Waals surface area contributed by atoms with E-state index < -0.39 is 6.04 Å². The Morgan fingerprint density at radius 1 is 1.70 bits per heavy atom. The molecule has 0 spiro atoms. The third kappa shape index (κ3) is 1.41. The van der Waals surface area contributed by atoms with E-state index in [0.29, 0.717) is 6.61 Å². The zero-order valence-electron chi connectivity index (χ0n) is 6.09. The molecule has 0 bridgehead atoms. The van der Waals surface area contributed by atoms with Crippen LogP contribution in [0.1, 0.15) is 13.8 Å². The molecule has 1 fully saturated rings. The van der Waals surface area contributed by atoms with E-state index in [1.54, 1.807) is 0 Å². The monoisotopic (exact) mass is 165 g/mol. The van der Waals surface area contributed by atoms with Crippen LogP contribution in [0.3, 0.4) is 0 Å². The Labute approximate surface area is 66.3 Å². The first-order chi connectivity index (χ1) is 4.04. The van der Waals surface area contributed by atoms with Crippen molar-refractivity contribution in [2.24, 2.45) is 11.1 Å². The summed E-state index contributed by atoms with van der Waals surface area (Å²) in [6.07, 6.45) is 0. The molecule has 1 aliphatic heterocycles. The van der Waals surface area contributed by atoms with Crippen LogP contribution in [0.15, 0.2) is 0 Å². The second-order valence-corrected chi connectivity index (χ2v) is 3.07. The topological polar surface area (TPSA) is 52.3 Å². The molecule has 1 atom stereocenters. The van der Waals surface area contributed by atoms with Crippen LogP contribution in [-0.4, -0.2) is 18.6 Å². The third-order valence-corrected chi connectivity index (χ3v) is 1.68. The first kappa shape index (κ1) is 9.72. The summed E-state index contributed by atoms with van der Waals surface area (Å²) in [6.45, 7) is 4.29. The minimum atomic E-state index is -0.433. The molecule has 4 heteroatoms. The summed E-state index contributed by atoms with van der Waals surface area (Å²) in [7, 11) is 0. The van der Waals surface area contributed by atoms with E-state index in [1.165, 1.54) is 0 Å². The molecule has 1 unspecified atom stereocenters. The van der Waals surface area contributed by atoms with Gasteiger partial charge in [0.05, 0.1) is 6.61 Å². The van der Waals surface area contributed by atoms with Crippen LogP contribution < -0.4 is 5.73 Å². The van der Waals surface area contributed by atoms with Crippen LogP contribution in [0.4, 0.5) is 0 Å². The van der Waals surface area contributed by atoms with Gasteiger partial charge in [-0.15, -0.1) is 12.4 Å². The van der Waals surface area contributed by atoms with E-state index in [9.17, 15) is 4.79 Å². The molecule has 0 aromatic rings. The van der Waals surface area contributed by atoms with Gasteiger partial charge in [-0.3, -0.25) is 4.79 Å². The molecular weight excluding hydrogens is 154 g/mol. The molecule has 1 rings (SSSR count). The van der Waals surface area contributed by atoms with Crippen LogP contribution in [0.25, 0.3) is 0 Å². The summed E-state index contributed by atoms with van der Waals surface area (Å²) in [5, 5.41) is 0. The molecule has 0 saturated carbocycles. The SMILES string of the molecule is CC1(C)COC(=O)C1N.Cl. The first-order valence-corrected chi connectivity index (χ1v) is 2.96. The number of halogens is 1. The fourth-order valence-electron chi connectivity index (χ4n) is 0.756. The Balaban J connectivity index is 0.000000810. The van der Waals surface area contributed by atoms with Gasteiger partial charge in [-0.25, -0.2) is 0 Å². The van der Waals surface area contributed by atoms with E-state index in [2.05, 4.69) is 0 Å². The van der Waals surface area contributed by atoms with Crippen LogP contribution in [0, 0.1) is 5.41 Å². The maximum Gasteiger partial charge on any atom is 0.323 e. The summed E-state index contributed by atoms with van der Waals surface area (Å²) in [6, 6.07) is -0.433. The molecule has 10 heavy (non-hydrogen) atoms. The molecule has 1 heterocycles. The van der Waals surface area contributed by atoms with Crippen molar-refractivity contribution in [3.8, 4) is 0 Å². The van der Waals surface area contributed by atoms with Crippen molar-refractivity contribution in [1.29, 1.82) is 0 Å². The minimum absolute atomic E-state index is 0. The van der Waals surface area contributed by atoms with E-state index in [1.807, 2.05) is 13.8 Å². The molecule has 0 radical (unpaired) electrons. The lowest BCUT2D eigenvalue weighted by molar-refractivity contribution is -0.139. The van der Waals surface area contributed by atoms with Gasteiger partial charge in [-0.1, -0.05) is 13.8 Å². The number of rotatable bonds is 0. The fraction of sp³-hybridized carbons (Fsp3) is 0.833. The van der Waals surface area contributed by atoms with Crippen molar-refractivity contribution >= 4 is 18.4 Å². The number of hydrogen-bond donors (Lipinski definition) is 1. The fourth-order valence-corrected chi connectivity index (χ4v) is 0.756. The zero-order chi connectivity index (χ0) is 7.07. The van der Waals surface area contributed by atoms with Crippen LogP contribution in [-0.2, 0) is 9.53 Å². The predicted molar refractivity (Wildman–Crippen MR) is 40.0 cm³/mol. The Morgan fingerprint density at radius 2 is 2.20 bits per heavy atom. The van der Waals surface area contributed by atoms with Gasteiger partial charge >= 0.3 is 5.97 Å². The highest BCUT2D eigenvalue weighted by Crippen LogP contribution is 2.26. The lowest BCUT2D eigenvalue weighted by Crippen LogP contribution is -2.38. The minimum Gasteiger partial charge on any atom is -0.464 e. The number of hydrogen-bond acceptors (Lipinski definition) is 3. The Morgan fingerprint density at radius 3 is 2.30 bits per heavy atom. The molecule has 0 aliphatic carbocycles. The van der Waals surface area contributed by atoms with Crippen molar-refractivity contribution in [2.45, 2.75) is 19.9 Å². The second-order valence-electron chi connectivity index (χ2n) is 3.07. The number of nitrogens with two attached hydrogens (primary N) is 1. The average molecular weight is 166 g/mol. The summed E-state index contributed by atoms with van der Waals surface area (Å²) in [5.74, 6) is -0.278. The highest BCUT2D eigenvalue weighted by atomic mass is 35.5. The quantitative estimate of drug-likeness (QED) is 0.526. The van der Waals surface area contributed by atoms with E-state index >= 15 is 0 Å². The number of carbonyl (C=O) groups excluding carboxylic acids is 1. The molecule has 1 saturated heterocycles. The molecule has 0 aromatic carbocycles. The van der Waals surface area contributed by atoms with Gasteiger partial charge in [-0.05, 0) is 0 Å². The van der Waals surface area contributed by atoms with Crippen molar-refractivity contribution in [1.82, 2.24) is 0 Å². The molecule has 60 valence electrons. The second kappa shape index (κ2) is 2.76. The molecule has 1 aliphatic rings.